The molecule has 6 heteroatoms. The molecule has 0 rings (SSSR count). The van der Waals surface area contributed by atoms with Crippen LogP contribution >= 0.6 is 0 Å². The average molecular weight is 924 g/mol. The summed E-state index contributed by atoms with van der Waals surface area (Å²) in [6, 6.07) is 0. The fourth-order valence-corrected chi connectivity index (χ4v) is 8.02. The molecule has 382 valence electrons. The van der Waals surface area contributed by atoms with Crippen molar-refractivity contribution >= 4 is 17.9 Å². The Bertz CT molecular complexity index is 1200. The zero-order chi connectivity index (χ0) is 47.9. The van der Waals surface area contributed by atoms with Gasteiger partial charge in [0.15, 0.2) is 6.10 Å². The second kappa shape index (κ2) is 54.7. The molecular formula is C60H106O6. The Morgan fingerprint density at radius 3 is 0.939 bits per heavy atom. The molecule has 0 aliphatic rings. The highest BCUT2D eigenvalue weighted by atomic mass is 16.6. The second-order valence-corrected chi connectivity index (χ2v) is 18.8. The van der Waals surface area contributed by atoms with Crippen LogP contribution in [0.2, 0.25) is 0 Å². The lowest BCUT2D eigenvalue weighted by molar-refractivity contribution is -0.167. The zero-order valence-corrected chi connectivity index (χ0v) is 43.7. The van der Waals surface area contributed by atoms with E-state index in [1.807, 2.05) is 0 Å². The quantitative estimate of drug-likeness (QED) is 0.0262. The first kappa shape index (κ1) is 63.1. The SMILES string of the molecule is CC/C=C\C/C=C\C/C=C\C/C=C\CCCCCCCCCCCCCCCCC(=O)OCC(COC(=O)CCCCCCCC)OC(=O)CCCCCCC/C=C\CCCCCCCC. The van der Waals surface area contributed by atoms with Gasteiger partial charge in [-0.25, -0.2) is 0 Å². The highest BCUT2D eigenvalue weighted by molar-refractivity contribution is 5.71. The molecule has 0 amide bonds. The van der Waals surface area contributed by atoms with E-state index in [0.29, 0.717) is 19.3 Å². The van der Waals surface area contributed by atoms with E-state index in [9.17, 15) is 14.4 Å². The number of hydrogen-bond acceptors (Lipinski definition) is 6. The van der Waals surface area contributed by atoms with Crippen molar-refractivity contribution in [3.8, 4) is 0 Å². The third kappa shape index (κ3) is 52.1. The monoisotopic (exact) mass is 923 g/mol. The van der Waals surface area contributed by atoms with E-state index < -0.39 is 6.10 Å². The van der Waals surface area contributed by atoms with Crippen LogP contribution in [0.1, 0.15) is 284 Å². The second-order valence-electron chi connectivity index (χ2n) is 18.8. The number of carbonyl (C=O) groups excluding carboxylic acids is 3. The fourth-order valence-electron chi connectivity index (χ4n) is 8.02. The number of allylic oxidation sites excluding steroid dienone is 10. The smallest absolute Gasteiger partial charge is 0.306 e. The van der Waals surface area contributed by atoms with Crippen LogP contribution in [0.15, 0.2) is 60.8 Å². The first-order valence-corrected chi connectivity index (χ1v) is 28.3. The van der Waals surface area contributed by atoms with Gasteiger partial charge in [-0.05, 0) is 83.5 Å². The number of carbonyl (C=O) groups is 3. The first-order chi connectivity index (χ1) is 32.5. The Morgan fingerprint density at radius 2 is 0.591 bits per heavy atom. The van der Waals surface area contributed by atoms with Crippen LogP contribution in [-0.2, 0) is 28.6 Å². The summed E-state index contributed by atoms with van der Waals surface area (Å²) in [5.74, 6) is -0.886. The molecule has 0 saturated heterocycles. The van der Waals surface area contributed by atoms with Crippen molar-refractivity contribution in [3.05, 3.63) is 60.8 Å². The summed E-state index contributed by atoms with van der Waals surface area (Å²) in [4.78, 5) is 37.8. The highest BCUT2D eigenvalue weighted by Gasteiger charge is 2.19. The molecule has 0 aromatic rings. The van der Waals surface area contributed by atoms with Gasteiger partial charge in [-0.1, -0.05) is 242 Å². The molecule has 0 aromatic carbocycles. The molecule has 6 nitrogen and oxygen atoms in total. The number of ether oxygens (including phenoxy) is 3. The standard InChI is InChI=1S/C60H106O6/c1-4-7-10-13-16-18-20-22-24-25-26-27-28-29-30-31-32-33-34-35-37-38-40-42-44-47-50-53-59(62)65-56-57(55-64-58(61)52-49-46-15-12-9-6-3)66-60(63)54-51-48-45-43-41-39-36-23-21-19-17-14-11-8-5-2/h7,10,16,18,22-24,26-27,36,57H,4-6,8-9,11-15,17,19-21,25,28-35,37-56H2,1-3H3/b10-7-,18-16-,24-22-,27-26-,36-23-. The Balaban J connectivity index is 4.07. The van der Waals surface area contributed by atoms with Crippen LogP contribution in [0, 0.1) is 0 Å². The summed E-state index contributed by atoms with van der Waals surface area (Å²) in [6.45, 7) is 6.47. The Morgan fingerprint density at radius 1 is 0.318 bits per heavy atom. The van der Waals surface area contributed by atoms with E-state index in [-0.39, 0.29) is 31.1 Å². The topological polar surface area (TPSA) is 78.9 Å². The summed E-state index contributed by atoms with van der Waals surface area (Å²) < 4.78 is 16.7. The van der Waals surface area contributed by atoms with Crippen LogP contribution < -0.4 is 0 Å². The first-order valence-electron chi connectivity index (χ1n) is 28.3. The molecule has 0 bridgehead atoms. The van der Waals surface area contributed by atoms with Crippen LogP contribution in [0.25, 0.3) is 0 Å². The van der Waals surface area contributed by atoms with Crippen LogP contribution in [0.3, 0.4) is 0 Å². The van der Waals surface area contributed by atoms with Crippen molar-refractivity contribution in [2.45, 2.75) is 290 Å². The van der Waals surface area contributed by atoms with E-state index in [2.05, 4.69) is 81.5 Å². The van der Waals surface area contributed by atoms with E-state index >= 15 is 0 Å². The molecule has 0 aromatic heterocycles. The number of rotatable bonds is 51. The van der Waals surface area contributed by atoms with Crippen LogP contribution in [-0.4, -0.2) is 37.2 Å². The fraction of sp³-hybridized carbons (Fsp3) is 0.783. The minimum absolute atomic E-state index is 0.0755. The van der Waals surface area contributed by atoms with Crippen molar-refractivity contribution < 1.29 is 28.6 Å². The molecule has 0 spiro atoms. The van der Waals surface area contributed by atoms with Gasteiger partial charge in [-0.3, -0.25) is 14.4 Å². The summed E-state index contributed by atoms with van der Waals surface area (Å²) >= 11 is 0. The Hall–Kier alpha value is -2.89. The van der Waals surface area contributed by atoms with E-state index in [1.54, 1.807) is 0 Å². The van der Waals surface area contributed by atoms with Crippen molar-refractivity contribution in [2.24, 2.45) is 0 Å². The predicted octanol–water partition coefficient (Wildman–Crippen LogP) is 18.8. The average Bonchev–Trinajstić information content (AvgIpc) is 3.31. The van der Waals surface area contributed by atoms with Gasteiger partial charge in [-0.2, -0.15) is 0 Å². The summed E-state index contributed by atoms with van der Waals surface area (Å²) in [5, 5.41) is 0. The molecule has 0 aliphatic heterocycles. The van der Waals surface area contributed by atoms with Gasteiger partial charge in [0.05, 0.1) is 0 Å². The normalized spacial score (nSPS) is 12.5. The minimum atomic E-state index is -0.773. The van der Waals surface area contributed by atoms with Gasteiger partial charge < -0.3 is 14.2 Å². The van der Waals surface area contributed by atoms with E-state index in [1.165, 1.54) is 154 Å². The van der Waals surface area contributed by atoms with Gasteiger partial charge in [0.2, 0.25) is 0 Å². The van der Waals surface area contributed by atoms with Gasteiger partial charge >= 0.3 is 17.9 Å². The van der Waals surface area contributed by atoms with Crippen LogP contribution in [0.4, 0.5) is 0 Å². The van der Waals surface area contributed by atoms with Gasteiger partial charge in [0.1, 0.15) is 13.2 Å². The lowest BCUT2D eigenvalue weighted by Crippen LogP contribution is -2.30. The van der Waals surface area contributed by atoms with Crippen LogP contribution in [0.5, 0.6) is 0 Å². The third-order valence-electron chi connectivity index (χ3n) is 12.3. The maximum atomic E-state index is 12.8. The maximum Gasteiger partial charge on any atom is 0.306 e. The summed E-state index contributed by atoms with van der Waals surface area (Å²) in [6.07, 6.45) is 68.2. The molecular weight excluding hydrogens is 817 g/mol. The lowest BCUT2D eigenvalue weighted by Gasteiger charge is -2.18. The highest BCUT2D eigenvalue weighted by Crippen LogP contribution is 2.16. The summed E-state index contributed by atoms with van der Waals surface area (Å²) in [7, 11) is 0. The molecule has 0 radical (unpaired) electrons. The van der Waals surface area contributed by atoms with E-state index in [4.69, 9.17) is 14.2 Å². The van der Waals surface area contributed by atoms with Crippen molar-refractivity contribution in [2.75, 3.05) is 13.2 Å². The predicted molar refractivity (Wildman–Crippen MR) is 284 cm³/mol. The molecule has 0 fully saturated rings. The Kier molecular flexibility index (Phi) is 52.3. The molecule has 1 atom stereocenters. The molecule has 0 N–H and O–H groups in total. The number of hydrogen-bond donors (Lipinski definition) is 0. The van der Waals surface area contributed by atoms with Gasteiger partial charge in [-0.15, -0.1) is 0 Å². The molecule has 0 heterocycles. The van der Waals surface area contributed by atoms with Gasteiger partial charge in [0, 0.05) is 19.3 Å². The summed E-state index contributed by atoms with van der Waals surface area (Å²) in [5.41, 5.74) is 0. The molecule has 0 saturated carbocycles. The van der Waals surface area contributed by atoms with Crippen molar-refractivity contribution in [3.63, 3.8) is 0 Å². The zero-order valence-electron chi connectivity index (χ0n) is 43.7. The van der Waals surface area contributed by atoms with Gasteiger partial charge in [0.25, 0.3) is 0 Å². The lowest BCUT2D eigenvalue weighted by atomic mass is 10.0. The third-order valence-corrected chi connectivity index (χ3v) is 12.3. The minimum Gasteiger partial charge on any atom is -0.462 e. The maximum absolute atomic E-state index is 12.8. The molecule has 66 heavy (non-hydrogen) atoms. The number of unbranched alkanes of at least 4 members (excludes halogenated alkanes) is 30. The molecule has 0 aliphatic carbocycles. The Labute approximate surface area is 409 Å². The largest absolute Gasteiger partial charge is 0.462 e. The number of esters is 3. The van der Waals surface area contributed by atoms with Crippen molar-refractivity contribution in [1.29, 1.82) is 0 Å². The van der Waals surface area contributed by atoms with E-state index in [0.717, 1.165) is 89.9 Å². The molecule has 1 unspecified atom stereocenters. The van der Waals surface area contributed by atoms with Crippen molar-refractivity contribution in [1.82, 2.24) is 0 Å².